The number of benzene rings is 1. The molecule has 1 aliphatic rings. The Labute approximate surface area is 108 Å². The molecule has 92 valence electrons. The van der Waals surface area contributed by atoms with Crippen molar-refractivity contribution >= 4 is 11.6 Å². The molecule has 1 aliphatic heterocycles. The van der Waals surface area contributed by atoms with E-state index in [1.165, 1.54) is 6.20 Å². The van der Waals surface area contributed by atoms with Gasteiger partial charge in [0.05, 0.1) is 7.11 Å². The predicted octanol–water partition coefficient (Wildman–Crippen LogP) is 2.53. The van der Waals surface area contributed by atoms with E-state index >= 15 is 0 Å². The van der Waals surface area contributed by atoms with Gasteiger partial charge in [-0.15, -0.1) is 0 Å². The van der Waals surface area contributed by atoms with Crippen LogP contribution in [-0.4, -0.2) is 23.9 Å². The summed E-state index contributed by atoms with van der Waals surface area (Å²) >= 11 is 6.02. The molecule has 6 heteroatoms. The molecule has 0 N–H and O–H groups in total. The largest absolute Gasteiger partial charge is 0.493 e. The van der Waals surface area contributed by atoms with E-state index in [2.05, 4.69) is 9.97 Å². The Morgan fingerprint density at radius 2 is 2.06 bits per heavy atom. The van der Waals surface area contributed by atoms with E-state index in [0.717, 1.165) is 5.56 Å². The fraction of sp³-hybridized carbons (Fsp3) is 0.167. The molecular weight excluding hydrogens is 256 g/mol. The van der Waals surface area contributed by atoms with Gasteiger partial charge in [0.25, 0.3) is 0 Å². The number of methoxy groups -OCH3 is 1. The van der Waals surface area contributed by atoms with Gasteiger partial charge in [0.1, 0.15) is 5.69 Å². The monoisotopic (exact) mass is 264 g/mol. The molecule has 0 bridgehead atoms. The number of aromatic nitrogens is 2. The molecule has 0 spiro atoms. The van der Waals surface area contributed by atoms with E-state index in [0.29, 0.717) is 28.1 Å². The molecule has 0 aliphatic carbocycles. The number of hydrogen-bond donors (Lipinski definition) is 0. The third-order valence-electron chi connectivity index (χ3n) is 2.59. The molecule has 0 radical (unpaired) electrons. The molecule has 3 rings (SSSR count). The molecule has 0 fully saturated rings. The number of fused-ring (bicyclic) bond motifs is 1. The Morgan fingerprint density at radius 3 is 2.83 bits per heavy atom. The summed E-state index contributed by atoms with van der Waals surface area (Å²) in [6.45, 7) is 0.184. The Bertz CT molecular complexity index is 604. The van der Waals surface area contributed by atoms with Crippen LogP contribution in [0.25, 0.3) is 11.3 Å². The Hall–Kier alpha value is -2.01. The first-order chi connectivity index (χ1) is 8.79. The van der Waals surface area contributed by atoms with E-state index in [1.807, 2.05) is 0 Å². The lowest BCUT2D eigenvalue weighted by molar-refractivity contribution is 0.171. The van der Waals surface area contributed by atoms with Crippen molar-refractivity contribution in [2.45, 2.75) is 0 Å². The second kappa shape index (κ2) is 4.34. The topological polar surface area (TPSA) is 53.5 Å². The second-order valence-corrected chi connectivity index (χ2v) is 3.97. The van der Waals surface area contributed by atoms with Crippen molar-refractivity contribution in [3.8, 4) is 28.5 Å². The molecule has 1 aromatic heterocycles. The van der Waals surface area contributed by atoms with Gasteiger partial charge in [0, 0.05) is 18.0 Å². The van der Waals surface area contributed by atoms with Crippen LogP contribution in [-0.2, 0) is 0 Å². The van der Waals surface area contributed by atoms with Gasteiger partial charge in [-0.3, -0.25) is 4.98 Å². The van der Waals surface area contributed by atoms with Crippen LogP contribution in [0.5, 0.6) is 17.2 Å². The molecule has 1 aromatic carbocycles. The van der Waals surface area contributed by atoms with Crippen LogP contribution in [0, 0.1) is 0 Å². The maximum absolute atomic E-state index is 6.02. The molecule has 0 amide bonds. The van der Waals surface area contributed by atoms with Crippen molar-refractivity contribution in [3.63, 3.8) is 0 Å². The maximum atomic E-state index is 6.02. The lowest BCUT2D eigenvalue weighted by Crippen LogP contribution is -1.93. The first-order valence-corrected chi connectivity index (χ1v) is 5.62. The highest BCUT2D eigenvalue weighted by molar-refractivity contribution is 6.31. The molecule has 5 nitrogen and oxygen atoms in total. The Kier molecular flexibility index (Phi) is 2.68. The molecular formula is C12H9ClN2O3. The van der Waals surface area contributed by atoms with Crippen molar-refractivity contribution in [2.75, 3.05) is 13.9 Å². The van der Waals surface area contributed by atoms with Crippen LogP contribution in [0.2, 0.25) is 5.15 Å². The van der Waals surface area contributed by atoms with Gasteiger partial charge >= 0.3 is 0 Å². The van der Waals surface area contributed by atoms with E-state index < -0.39 is 0 Å². The summed E-state index contributed by atoms with van der Waals surface area (Å²) in [7, 11) is 1.57. The highest BCUT2D eigenvalue weighted by Crippen LogP contribution is 2.44. The standard InChI is InChI=1S/C12H9ClN2O3/c1-16-8-4-7(5-9-11(8)18-6-17-9)10-12(13)15-3-2-14-10/h2-5H,6H2,1H3. The minimum absolute atomic E-state index is 0.184. The third-order valence-corrected chi connectivity index (χ3v) is 2.86. The minimum Gasteiger partial charge on any atom is -0.493 e. The fourth-order valence-corrected chi connectivity index (χ4v) is 2.00. The number of hydrogen-bond acceptors (Lipinski definition) is 5. The molecule has 0 atom stereocenters. The zero-order valence-electron chi connectivity index (χ0n) is 9.51. The fourth-order valence-electron chi connectivity index (χ4n) is 1.78. The number of ether oxygens (including phenoxy) is 3. The SMILES string of the molecule is COc1cc(-c2nccnc2Cl)cc2c1OCO2. The van der Waals surface area contributed by atoms with Crippen molar-refractivity contribution in [1.82, 2.24) is 9.97 Å². The van der Waals surface area contributed by atoms with E-state index in [-0.39, 0.29) is 6.79 Å². The van der Waals surface area contributed by atoms with Gasteiger partial charge in [0.15, 0.2) is 16.7 Å². The molecule has 0 saturated heterocycles. The van der Waals surface area contributed by atoms with Crippen molar-refractivity contribution in [2.24, 2.45) is 0 Å². The summed E-state index contributed by atoms with van der Waals surface area (Å²) in [5.74, 6) is 1.80. The molecule has 2 aromatic rings. The van der Waals surface area contributed by atoms with Crippen LogP contribution in [0.1, 0.15) is 0 Å². The van der Waals surface area contributed by atoms with Crippen LogP contribution in [0.3, 0.4) is 0 Å². The summed E-state index contributed by atoms with van der Waals surface area (Å²) in [5.41, 5.74) is 1.35. The lowest BCUT2D eigenvalue weighted by atomic mass is 10.1. The van der Waals surface area contributed by atoms with Crippen LogP contribution in [0.15, 0.2) is 24.5 Å². The molecule has 0 unspecified atom stereocenters. The zero-order chi connectivity index (χ0) is 12.5. The average molecular weight is 265 g/mol. The third kappa shape index (κ3) is 1.73. The average Bonchev–Trinajstić information content (AvgIpc) is 2.86. The van der Waals surface area contributed by atoms with Gasteiger partial charge in [-0.1, -0.05) is 11.6 Å². The van der Waals surface area contributed by atoms with Gasteiger partial charge in [-0.05, 0) is 12.1 Å². The first-order valence-electron chi connectivity index (χ1n) is 5.24. The minimum atomic E-state index is 0.184. The first kappa shape index (κ1) is 11.1. The van der Waals surface area contributed by atoms with Crippen molar-refractivity contribution in [1.29, 1.82) is 0 Å². The van der Waals surface area contributed by atoms with E-state index in [4.69, 9.17) is 25.8 Å². The maximum Gasteiger partial charge on any atom is 0.231 e. The van der Waals surface area contributed by atoms with Crippen molar-refractivity contribution in [3.05, 3.63) is 29.7 Å². The zero-order valence-corrected chi connectivity index (χ0v) is 10.3. The smallest absolute Gasteiger partial charge is 0.231 e. The quantitative estimate of drug-likeness (QED) is 0.834. The molecule has 18 heavy (non-hydrogen) atoms. The normalized spacial score (nSPS) is 12.6. The number of halogens is 1. The van der Waals surface area contributed by atoms with Crippen LogP contribution in [0.4, 0.5) is 0 Å². The predicted molar refractivity (Wildman–Crippen MR) is 65.2 cm³/mol. The molecule has 2 heterocycles. The van der Waals surface area contributed by atoms with E-state index in [1.54, 1.807) is 25.4 Å². The number of nitrogens with zero attached hydrogens (tertiary/aromatic N) is 2. The Balaban J connectivity index is 2.17. The van der Waals surface area contributed by atoms with Gasteiger partial charge < -0.3 is 14.2 Å². The summed E-state index contributed by atoms with van der Waals surface area (Å²) < 4.78 is 15.9. The highest BCUT2D eigenvalue weighted by Gasteiger charge is 2.21. The molecule has 0 saturated carbocycles. The van der Waals surface area contributed by atoms with Gasteiger partial charge in [-0.2, -0.15) is 0 Å². The summed E-state index contributed by atoms with van der Waals surface area (Å²) in [5, 5.41) is 0.332. The highest BCUT2D eigenvalue weighted by atomic mass is 35.5. The Morgan fingerprint density at radius 1 is 1.22 bits per heavy atom. The van der Waals surface area contributed by atoms with Gasteiger partial charge in [0.2, 0.25) is 12.5 Å². The number of rotatable bonds is 2. The summed E-state index contributed by atoms with van der Waals surface area (Å²) in [4.78, 5) is 8.20. The van der Waals surface area contributed by atoms with Gasteiger partial charge in [-0.25, -0.2) is 4.98 Å². The van der Waals surface area contributed by atoms with Crippen molar-refractivity contribution < 1.29 is 14.2 Å². The summed E-state index contributed by atoms with van der Waals surface area (Å²) in [6, 6.07) is 3.60. The second-order valence-electron chi connectivity index (χ2n) is 3.61. The van der Waals surface area contributed by atoms with Crippen LogP contribution < -0.4 is 14.2 Å². The summed E-state index contributed by atoms with van der Waals surface area (Å²) in [6.07, 6.45) is 3.12. The lowest BCUT2D eigenvalue weighted by Gasteiger charge is -2.08. The van der Waals surface area contributed by atoms with Crippen LogP contribution >= 0.6 is 11.6 Å². The van der Waals surface area contributed by atoms with E-state index in [9.17, 15) is 0 Å².